The molecule has 0 bridgehead atoms. The van der Waals surface area contributed by atoms with E-state index in [1.54, 1.807) is 26.2 Å². The number of nitrogens with one attached hydrogen (secondary N) is 1. The number of nitriles is 1. The topological polar surface area (TPSA) is 84.0 Å². The Labute approximate surface area is 129 Å². The number of benzene rings is 1. The maximum Gasteiger partial charge on any atom is 0.223 e. The molecule has 1 fully saturated rings. The molecule has 1 saturated carbocycles. The molecular formula is C16H18N4O2. The van der Waals surface area contributed by atoms with Crippen LogP contribution in [0.5, 0.6) is 5.75 Å². The summed E-state index contributed by atoms with van der Waals surface area (Å²) in [6.45, 7) is 2.43. The van der Waals surface area contributed by atoms with E-state index in [1.807, 2.05) is 6.07 Å². The summed E-state index contributed by atoms with van der Waals surface area (Å²) in [4.78, 5) is 4.37. The van der Waals surface area contributed by atoms with Crippen molar-refractivity contribution >= 4 is 0 Å². The molecule has 0 radical (unpaired) electrons. The van der Waals surface area contributed by atoms with Crippen LogP contribution in [0.2, 0.25) is 0 Å². The molecule has 1 aliphatic carbocycles. The monoisotopic (exact) mass is 298 g/mol. The van der Waals surface area contributed by atoms with E-state index in [0.717, 1.165) is 30.7 Å². The highest BCUT2D eigenvalue weighted by Gasteiger charge is 2.42. The SMILES string of the molecule is COc1cc(C#N)ccc1CNC1(c2noc(C)n2)CCC1. The van der Waals surface area contributed by atoms with Gasteiger partial charge in [0.05, 0.1) is 24.3 Å². The first-order chi connectivity index (χ1) is 10.7. The van der Waals surface area contributed by atoms with Crippen molar-refractivity contribution in [2.24, 2.45) is 0 Å². The highest BCUT2D eigenvalue weighted by molar-refractivity contribution is 5.42. The molecular weight excluding hydrogens is 280 g/mol. The van der Waals surface area contributed by atoms with Crippen molar-refractivity contribution < 1.29 is 9.26 Å². The molecule has 0 amide bonds. The predicted octanol–water partition coefficient (Wildman–Crippen LogP) is 2.43. The normalized spacial score (nSPS) is 15.9. The lowest BCUT2D eigenvalue weighted by molar-refractivity contribution is 0.164. The van der Waals surface area contributed by atoms with Crippen molar-refractivity contribution in [1.29, 1.82) is 5.26 Å². The first-order valence-electron chi connectivity index (χ1n) is 7.30. The molecule has 114 valence electrons. The summed E-state index contributed by atoms with van der Waals surface area (Å²) in [5.74, 6) is 2.02. The van der Waals surface area contributed by atoms with Crippen LogP contribution in [0.1, 0.15) is 42.1 Å². The van der Waals surface area contributed by atoms with Crippen LogP contribution in [0.25, 0.3) is 0 Å². The summed E-state index contributed by atoms with van der Waals surface area (Å²) < 4.78 is 10.5. The van der Waals surface area contributed by atoms with Gasteiger partial charge in [-0.25, -0.2) is 0 Å². The van der Waals surface area contributed by atoms with E-state index in [0.29, 0.717) is 23.7 Å². The molecule has 2 aromatic rings. The minimum absolute atomic E-state index is 0.212. The van der Waals surface area contributed by atoms with Gasteiger partial charge in [0.1, 0.15) is 5.75 Å². The number of rotatable bonds is 5. The third-order valence-electron chi connectivity index (χ3n) is 4.20. The summed E-state index contributed by atoms with van der Waals surface area (Å²) in [5.41, 5.74) is 1.39. The van der Waals surface area contributed by atoms with Gasteiger partial charge in [0.2, 0.25) is 5.89 Å². The first kappa shape index (κ1) is 14.5. The maximum absolute atomic E-state index is 8.96. The fraction of sp³-hybridized carbons (Fsp3) is 0.438. The zero-order chi connectivity index (χ0) is 15.6. The Bertz CT molecular complexity index is 713. The molecule has 0 atom stereocenters. The Morgan fingerprint density at radius 1 is 1.45 bits per heavy atom. The van der Waals surface area contributed by atoms with Crippen LogP contribution in [0.3, 0.4) is 0 Å². The summed E-state index contributed by atoms with van der Waals surface area (Å²) in [6.07, 6.45) is 3.13. The van der Waals surface area contributed by atoms with E-state index < -0.39 is 0 Å². The lowest BCUT2D eigenvalue weighted by Crippen LogP contribution is -2.48. The highest BCUT2D eigenvalue weighted by atomic mass is 16.5. The standard InChI is InChI=1S/C16H18N4O2/c1-11-19-15(20-22-11)16(6-3-7-16)18-10-13-5-4-12(9-17)8-14(13)21-2/h4-5,8,18H,3,6-7,10H2,1-2H3. The van der Waals surface area contributed by atoms with Gasteiger partial charge in [0.15, 0.2) is 5.82 Å². The number of ether oxygens (including phenoxy) is 1. The molecule has 6 heteroatoms. The third-order valence-corrected chi connectivity index (χ3v) is 4.20. The van der Waals surface area contributed by atoms with E-state index in [4.69, 9.17) is 14.5 Å². The van der Waals surface area contributed by atoms with Gasteiger partial charge < -0.3 is 14.6 Å². The lowest BCUT2D eigenvalue weighted by Gasteiger charge is -2.40. The molecule has 1 heterocycles. The van der Waals surface area contributed by atoms with Gasteiger partial charge in [-0.1, -0.05) is 11.2 Å². The molecule has 1 aromatic carbocycles. The van der Waals surface area contributed by atoms with Crippen molar-refractivity contribution in [1.82, 2.24) is 15.5 Å². The maximum atomic E-state index is 8.96. The second kappa shape index (κ2) is 5.78. The van der Waals surface area contributed by atoms with Crippen molar-refractivity contribution in [3.05, 3.63) is 41.0 Å². The van der Waals surface area contributed by atoms with E-state index in [-0.39, 0.29) is 5.54 Å². The van der Waals surface area contributed by atoms with Gasteiger partial charge >= 0.3 is 0 Å². The van der Waals surface area contributed by atoms with Crippen LogP contribution in [-0.4, -0.2) is 17.3 Å². The van der Waals surface area contributed by atoms with Gasteiger partial charge in [0, 0.05) is 19.0 Å². The Balaban J connectivity index is 1.78. The fourth-order valence-electron chi connectivity index (χ4n) is 2.73. The number of aromatic nitrogens is 2. The molecule has 1 N–H and O–H groups in total. The van der Waals surface area contributed by atoms with Crippen LogP contribution in [-0.2, 0) is 12.1 Å². The van der Waals surface area contributed by atoms with E-state index in [1.165, 1.54) is 0 Å². The van der Waals surface area contributed by atoms with Gasteiger partial charge in [-0.05, 0) is 31.4 Å². The van der Waals surface area contributed by atoms with Crippen LogP contribution in [0.4, 0.5) is 0 Å². The fourth-order valence-corrected chi connectivity index (χ4v) is 2.73. The lowest BCUT2D eigenvalue weighted by atomic mass is 9.76. The largest absolute Gasteiger partial charge is 0.496 e. The van der Waals surface area contributed by atoms with Gasteiger partial charge in [-0.2, -0.15) is 10.2 Å². The molecule has 6 nitrogen and oxygen atoms in total. The first-order valence-corrected chi connectivity index (χ1v) is 7.30. The number of hydrogen-bond acceptors (Lipinski definition) is 6. The summed E-state index contributed by atoms with van der Waals surface area (Å²) in [7, 11) is 1.61. The van der Waals surface area contributed by atoms with Crippen molar-refractivity contribution in [3.63, 3.8) is 0 Å². The number of methoxy groups -OCH3 is 1. The molecule has 1 aromatic heterocycles. The number of aryl methyl sites for hydroxylation is 1. The number of nitrogens with zero attached hydrogens (tertiary/aromatic N) is 3. The summed E-state index contributed by atoms with van der Waals surface area (Å²) in [5, 5.41) is 16.6. The Morgan fingerprint density at radius 3 is 2.82 bits per heavy atom. The zero-order valence-corrected chi connectivity index (χ0v) is 12.7. The highest BCUT2D eigenvalue weighted by Crippen LogP contribution is 2.40. The minimum atomic E-state index is -0.212. The van der Waals surface area contributed by atoms with E-state index in [9.17, 15) is 0 Å². The molecule has 3 rings (SSSR count). The molecule has 0 aliphatic heterocycles. The smallest absolute Gasteiger partial charge is 0.223 e. The quantitative estimate of drug-likeness (QED) is 0.912. The minimum Gasteiger partial charge on any atom is -0.496 e. The molecule has 1 aliphatic rings. The molecule has 22 heavy (non-hydrogen) atoms. The van der Waals surface area contributed by atoms with Crippen LogP contribution in [0, 0.1) is 18.3 Å². The van der Waals surface area contributed by atoms with E-state index in [2.05, 4.69) is 21.5 Å². The molecule has 0 saturated heterocycles. The van der Waals surface area contributed by atoms with Gasteiger partial charge in [0.25, 0.3) is 0 Å². The summed E-state index contributed by atoms with van der Waals surface area (Å²) >= 11 is 0. The van der Waals surface area contributed by atoms with Gasteiger partial charge in [-0.3, -0.25) is 0 Å². The van der Waals surface area contributed by atoms with Crippen molar-refractivity contribution in [2.75, 3.05) is 7.11 Å². The second-order valence-corrected chi connectivity index (χ2v) is 5.56. The van der Waals surface area contributed by atoms with Crippen LogP contribution in [0.15, 0.2) is 22.7 Å². The predicted molar refractivity (Wildman–Crippen MR) is 79.1 cm³/mol. The summed E-state index contributed by atoms with van der Waals surface area (Å²) in [6, 6.07) is 7.58. The third kappa shape index (κ3) is 2.55. The van der Waals surface area contributed by atoms with Crippen molar-refractivity contribution in [2.45, 2.75) is 38.3 Å². The van der Waals surface area contributed by atoms with E-state index >= 15 is 0 Å². The average Bonchev–Trinajstić information content (AvgIpc) is 2.93. The number of hydrogen-bond donors (Lipinski definition) is 1. The Morgan fingerprint density at radius 2 is 2.27 bits per heavy atom. The molecule has 0 spiro atoms. The van der Waals surface area contributed by atoms with Crippen LogP contribution >= 0.6 is 0 Å². The van der Waals surface area contributed by atoms with Gasteiger partial charge in [-0.15, -0.1) is 0 Å². The molecule has 0 unspecified atom stereocenters. The Kier molecular flexibility index (Phi) is 3.82. The average molecular weight is 298 g/mol. The van der Waals surface area contributed by atoms with Crippen LogP contribution < -0.4 is 10.1 Å². The zero-order valence-electron chi connectivity index (χ0n) is 12.7. The Hall–Kier alpha value is -2.39. The second-order valence-electron chi connectivity index (χ2n) is 5.56. The van der Waals surface area contributed by atoms with Crippen molar-refractivity contribution in [3.8, 4) is 11.8 Å².